The number of hydrogen-bond donors (Lipinski definition) is 1. The number of nitrogens with zero attached hydrogens (tertiary/aromatic N) is 1. The zero-order chi connectivity index (χ0) is 16.1. The molecule has 0 aliphatic heterocycles. The third-order valence-corrected chi connectivity index (χ3v) is 3.56. The Kier molecular flexibility index (Phi) is 4.64. The zero-order valence-corrected chi connectivity index (χ0v) is 12.4. The van der Waals surface area contributed by atoms with Gasteiger partial charge in [0.05, 0.1) is 6.61 Å². The summed E-state index contributed by atoms with van der Waals surface area (Å²) >= 11 is 0. The summed E-state index contributed by atoms with van der Waals surface area (Å²) in [6.07, 6.45) is 3.49. The molecule has 23 heavy (non-hydrogen) atoms. The molecule has 0 atom stereocenters. The molecule has 3 rings (SSSR count). The first-order valence-electron chi connectivity index (χ1n) is 7.27. The van der Waals surface area contributed by atoms with Crippen molar-refractivity contribution < 1.29 is 14.2 Å². The lowest BCUT2D eigenvalue weighted by molar-refractivity contribution is 0.279. The molecule has 0 fully saturated rings. The first kappa shape index (κ1) is 15.2. The van der Waals surface area contributed by atoms with E-state index < -0.39 is 0 Å². The maximum absolute atomic E-state index is 13.7. The monoisotopic (exact) mass is 309 g/mol. The topological polar surface area (TPSA) is 42.4 Å². The number of benzene rings is 2. The van der Waals surface area contributed by atoms with E-state index in [0.29, 0.717) is 16.9 Å². The van der Waals surface area contributed by atoms with Crippen molar-refractivity contribution in [2.45, 2.75) is 13.2 Å². The second kappa shape index (κ2) is 7.03. The molecule has 0 aliphatic carbocycles. The van der Waals surface area contributed by atoms with Crippen molar-refractivity contribution in [1.82, 2.24) is 4.98 Å². The molecule has 0 amide bonds. The van der Waals surface area contributed by atoms with E-state index in [2.05, 4.69) is 4.98 Å². The van der Waals surface area contributed by atoms with Crippen LogP contribution in [0.4, 0.5) is 4.39 Å². The van der Waals surface area contributed by atoms with Crippen LogP contribution in [0.1, 0.15) is 11.1 Å². The third kappa shape index (κ3) is 3.73. The summed E-state index contributed by atoms with van der Waals surface area (Å²) < 4.78 is 19.4. The molecule has 3 aromatic rings. The predicted octanol–water partition coefficient (Wildman–Crippen LogP) is 3.96. The number of aliphatic hydroxyl groups is 1. The molecular formula is C19H16FNO2. The van der Waals surface area contributed by atoms with Gasteiger partial charge in [-0.1, -0.05) is 18.2 Å². The molecule has 0 radical (unpaired) electrons. The van der Waals surface area contributed by atoms with Crippen LogP contribution in [-0.2, 0) is 13.2 Å². The van der Waals surface area contributed by atoms with Crippen molar-refractivity contribution in [2.24, 2.45) is 0 Å². The molecule has 116 valence electrons. The van der Waals surface area contributed by atoms with Gasteiger partial charge in [-0.3, -0.25) is 4.98 Å². The smallest absolute Gasteiger partial charge is 0.129 e. The summed E-state index contributed by atoms with van der Waals surface area (Å²) in [5, 5.41) is 9.11. The van der Waals surface area contributed by atoms with E-state index >= 15 is 0 Å². The summed E-state index contributed by atoms with van der Waals surface area (Å²) in [6.45, 7) is 0.00217. The number of aliphatic hydroxyl groups excluding tert-OH is 1. The fourth-order valence-electron chi connectivity index (χ4n) is 2.29. The predicted molar refractivity (Wildman–Crippen MR) is 86.3 cm³/mol. The molecule has 1 aromatic heterocycles. The van der Waals surface area contributed by atoms with Crippen molar-refractivity contribution >= 4 is 0 Å². The van der Waals surface area contributed by atoms with Crippen molar-refractivity contribution in [1.29, 1.82) is 0 Å². The largest absolute Gasteiger partial charge is 0.489 e. The Labute approximate surface area is 134 Å². The molecule has 0 bridgehead atoms. The van der Waals surface area contributed by atoms with Gasteiger partial charge in [0, 0.05) is 18.0 Å². The summed E-state index contributed by atoms with van der Waals surface area (Å²) in [4.78, 5) is 4.00. The van der Waals surface area contributed by atoms with Crippen molar-refractivity contribution in [3.05, 3.63) is 83.9 Å². The quantitative estimate of drug-likeness (QED) is 0.775. The zero-order valence-electron chi connectivity index (χ0n) is 12.4. The summed E-state index contributed by atoms with van der Waals surface area (Å²) in [6, 6.07) is 16.0. The number of ether oxygens (including phenoxy) is 1. The van der Waals surface area contributed by atoms with E-state index in [9.17, 15) is 4.39 Å². The summed E-state index contributed by atoms with van der Waals surface area (Å²) in [5.41, 5.74) is 3.23. The third-order valence-electron chi connectivity index (χ3n) is 3.56. The molecular weight excluding hydrogens is 293 g/mol. The Hall–Kier alpha value is -2.72. The van der Waals surface area contributed by atoms with Gasteiger partial charge in [-0.05, 0) is 53.1 Å². The van der Waals surface area contributed by atoms with Crippen LogP contribution >= 0.6 is 0 Å². The van der Waals surface area contributed by atoms with E-state index in [0.717, 1.165) is 11.1 Å². The van der Waals surface area contributed by atoms with E-state index in [1.165, 1.54) is 6.07 Å². The molecule has 1 N–H and O–H groups in total. The molecule has 0 spiro atoms. The Morgan fingerprint density at radius 3 is 2.30 bits per heavy atom. The van der Waals surface area contributed by atoms with Crippen LogP contribution in [0.2, 0.25) is 0 Å². The van der Waals surface area contributed by atoms with E-state index in [1.54, 1.807) is 24.5 Å². The SMILES string of the molecule is OCc1ccc(F)c(COc2ccc(-c3ccncc3)cc2)c1. The minimum absolute atomic E-state index is 0.117. The Bertz CT molecular complexity index is 773. The van der Waals surface area contributed by atoms with Crippen LogP contribution in [-0.4, -0.2) is 10.1 Å². The van der Waals surface area contributed by atoms with Gasteiger partial charge in [0.25, 0.3) is 0 Å². The average molecular weight is 309 g/mol. The van der Waals surface area contributed by atoms with Gasteiger partial charge in [-0.15, -0.1) is 0 Å². The van der Waals surface area contributed by atoms with E-state index in [-0.39, 0.29) is 19.0 Å². The highest BCUT2D eigenvalue weighted by molar-refractivity contribution is 5.63. The maximum Gasteiger partial charge on any atom is 0.129 e. The van der Waals surface area contributed by atoms with Crippen LogP contribution in [0.25, 0.3) is 11.1 Å². The van der Waals surface area contributed by atoms with Gasteiger partial charge in [0.2, 0.25) is 0 Å². The van der Waals surface area contributed by atoms with Crippen LogP contribution in [0, 0.1) is 5.82 Å². The van der Waals surface area contributed by atoms with Crippen molar-refractivity contribution in [3.63, 3.8) is 0 Å². The van der Waals surface area contributed by atoms with E-state index in [1.807, 2.05) is 36.4 Å². The molecule has 0 saturated heterocycles. The number of halogens is 1. The normalized spacial score (nSPS) is 10.5. The average Bonchev–Trinajstić information content (AvgIpc) is 2.62. The lowest BCUT2D eigenvalue weighted by Crippen LogP contribution is -2.00. The van der Waals surface area contributed by atoms with Crippen LogP contribution in [0.5, 0.6) is 5.75 Å². The lowest BCUT2D eigenvalue weighted by Gasteiger charge is -2.09. The molecule has 0 unspecified atom stereocenters. The minimum Gasteiger partial charge on any atom is -0.489 e. The van der Waals surface area contributed by atoms with Crippen molar-refractivity contribution in [2.75, 3.05) is 0 Å². The molecule has 4 heteroatoms. The van der Waals surface area contributed by atoms with Crippen molar-refractivity contribution in [3.8, 4) is 16.9 Å². The summed E-state index contributed by atoms with van der Waals surface area (Å²) in [5.74, 6) is 0.326. The first-order valence-corrected chi connectivity index (χ1v) is 7.27. The van der Waals surface area contributed by atoms with Crippen LogP contribution in [0.15, 0.2) is 67.0 Å². The number of rotatable bonds is 5. The van der Waals surface area contributed by atoms with Gasteiger partial charge in [-0.25, -0.2) is 4.39 Å². The number of hydrogen-bond acceptors (Lipinski definition) is 3. The molecule has 2 aromatic carbocycles. The maximum atomic E-state index is 13.7. The Balaban J connectivity index is 1.70. The Morgan fingerprint density at radius 1 is 0.913 bits per heavy atom. The molecule has 0 saturated carbocycles. The van der Waals surface area contributed by atoms with Gasteiger partial charge < -0.3 is 9.84 Å². The highest BCUT2D eigenvalue weighted by Gasteiger charge is 2.05. The second-order valence-electron chi connectivity index (χ2n) is 5.13. The standard InChI is InChI=1S/C19H16FNO2/c20-19-6-1-14(12-22)11-17(19)13-23-18-4-2-15(3-5-18)16-7-9-21-10-8-16/h1-11,22H,12-13H2. The highest BCUT2D eigenvalue weighted by Crippen LogP contribution is 2.22. The molecule has 0 aliphatic rings. The lowest BCUT2D eigenvalue weighted by atomic mass is 10.1. The minimum atomic E-state index is -0.337. The molecule has 1 heterocycles. The van der Waals surface area contributed by atoms with Gasteiger partial charge in [0.15, 0.2) is 0 Å². The van der Waals surface area contributed by atoms with E-state index in [4.69, 9.17) is 9.84 Å². The fraction of sp³-hybridized carbons (Fsp3) is 0.105. The second-order valence-corrected chi connectivity index (χ2v) is 5.13. The summed E-state index contributed by atoms with van der Waals surface area (Å²) in [7, 11) is 0. The number of pyridine rings is 1. The van der Waals surface area contributed by atoms with Gasteiger partial charge in [-0.2, -0.15) is 0 Å². The van der Waals surface area contributed by atoms with Crippen LogP contribution in [0.3, 0.4) is 0 Å². The fourth-order valence-corrected chi connectivity index (χ4v) is 2.29. The first-order chi connectivity index (χ1) is 11.3. The van der Waals surface area contributed by atoms with Gasteiger partial charge >= 0.3 is 0 Å². The number of aromatic nitrogens is 1. The van der Waals surface area contributed by atoms with Crippen LogP contribution < -0.4 is 4.74 Å². The Morgan fingerprint density at radius 2 is 1.61 bits per heavy atom. The van der Waals surface area contributed by atoms with Gasteiger partial charge in [0.1, 0.15) is 18.2 Å². The highest BCUT2D eigenvalue weighted by atomic mass is 19.1. The molecule has 3 nitrogen and oxygen atoms in total.